The van der Waals surface area contributed by atoms with Crippen molar-refractivity contribution in [2.24, 2.45) is 0 Å². The van der Waals surface area contributed by atoms with Gasteiger partial charge in [-0.1, -0.05) is 18.2 Å². The second-order valence-corrected chi connectivity index (χ2v) is 6.95. The maximum absolute atomic E-state index is 12.9. The molecule has 1 N–H and O–H groups in total. The number of halogens is 3. The van der Waals surface area contributed by atoms with Crippen LogP contribution in [-0.2, 0) is 6.18 Å². The molecule has 0 saturated heterocycles. The van der Waals surface area contributed by atoms with E-state index in [1.807, 2.05) is 30.6 Å². The van der Waals surface area contributed by atoms with Gasteiger partial charge in [-0.25, -0.2) is 0 Å². The van der Waals surface area contributed by atoms with Gasteiger partial charge < -0.3 is 10.1 Å². The molecule has 7 heteroatoms. The highest BCUT2D eigenvalue weighted by Crippen LogP contribution is 2.33. The van der Waals surface area contributed by atoms with Crippen LogP contribution >= 0.6 is 11.3 Å². The summed E-state index contributed by atoms with van der Waals surface area (Å²) in [7, 11) is 1.88. The van der Waals surface area contributed by atoms with Crippen molar-refractivity contribution >= 4 is 11.3 Å². The Hall–Kier alpha value is -2.38. The van der Waals surface area contributed by atoms with Gasteiger partial charge >= 0.3 is 6.18 Å². The first-order valence-electron chi connectivity index (χ1n) is 8.45. The van der Waals surface area contributed by atoms with Crippen LogP contribution in [0.1, 0.15) is 23.1 Å². The zero-order chi connectivity index (χ0) is 19.3. The molecule has 3 aromatic rings. The molecule has 3 nitrogen and oxygen atoms in total. The normalized spacial score (nSPS) is 12.7. The fraction of sp³-hybridized carbons (Fsp3) is 0.250. The Balaban J connectivity index is 1.85. The van der Waals surface area contributed by atoms with Crippen LogP contribution in [0, 0.1) is 0 Å². The first-order valence-corrected chi connectivity index (χ1v) is 9.33. The fourth-order valence-corrected chi connectivity index (χ4v) is 3.48. The van der Waals surface area contributed by atoms with E-state index in [1.165, 1.54) is 6.20 Å². The predicted octanol–water partition coefficient (Wildman–Crippen LogP) is 5.56. The highest BCUT2D eigenvalue weighted by Gasteiger charge is 2.32. The molecule has 0 bridgehead atoms. The molecule has 27 heavy (non-hydrogen) atoms. The third-order valence-corrected chi connectivity index (χ3v) is 4.98. The minimum absolute atomic E-state index is 0.115. The average Bonchev–Trinajstić information content (AvgIpc) is 3.19. The average molecular weight is 392 g/mol. The second-order valence-electron chi connectivity index (χ2n) is 5.97. The Labute approximate surface area is 159 Å². The Kier molecular flexibility index (Phi) is 6.13. The Bertz CT molecular complexity index is 866. The summed E-state index contributed by atoms with van der Waals surface area (Å²) in [6.45, 7) is 0.793. The number of nitrogens with zero attached hydrogens (tertiary/aromatic N) is 1. The van der Waals surface area contributed by atoms with Gasteiger partial charge in [-0.3, -0.25) is 4.98 Å². The summed E-state index contributed by atoms with van der Waals surface area (Å²) >= 11 is 1.62. The molecule has 0 aliphatic carbocycles. The van der Waals surface area contributed by atoms with Crippen molar-refractivity contribution in [3.05, 3.63) is 70.7 Å². The van der Waals surface area contributed by atoms with Crippen LogP contribution < -0.4 is 10.1 Å². The molecule has 0 spiro atoms. The van der Waals surface area contributed by atoms with Crippen molar-refractivity contribution < 1.29 is 17.9 Å². The number of nitrogens with one attached hydrogen (secondary N) is 1. The summed E-state index contributed by atoms with van der Waals surface area (Å²) in [5.74, 6) is 0.618. The molecule has 1 atom stereocenters. The molecule has 0 fully saturated rings. The summed E-state index contributed by atoms with van der Waals surface area (Å²) in [5.41, 5.74) is 0.196. The second kappa shape index (κ2) is 8.54. The number of aromatic nitrogens is 1. The highest BCUT2D eigenvalue weighted by atomic mass is 32.1. The topological polar surface area (TPSA) is 34.1 Å². The van der Waals surface area contributed by atoms with E-state index in [9.17, 15) is 13.2 Å². The smallest absolute Gasteiger partial charge is 0.433 e. The zero-order valence-electron chi connectivity index (χ0n) is 14.7. The zero-order valence-corrected chi connectivity index (χ0v) is 15.5. The third kappa shape index (κ3) is 5.08. The Morgan fingerprint density at radius 2 is 1.93 bits per heavy atom. The molecule has 3 rings (SSSR count). The minimum atomic E-state index is -4.47. The fourth-order valence-electron chi connectivity index (χ4n) is 2.69. The van der Waals surface area contributed by atoms with Crippen molar-refractivity contribution in [3.8, 4) is 16.9 Å². The Morgan fingerprint density at radius 1 is 1.11 bits per heavy atom. The lowest BCUT2D eigenvalue weighted by Crippen LogP contribution is -2.15. The summed E-state index contributed by atoms with van der Waals surface area (Å²) in [6.07, 6.45) is -2.63. The van der Waals surface area contributed by atoms with Crippen LogP contribution in [0.25, 0.3) is 11.1 Å². The van der Waals surface area contributed by atoms with E-state index in [-0.39, 0.29) is 6.10 Å². The maximum atomic E-state index is 12.9. The van der Waals surface area contributed by atoms with Gasteiger partial charge in [0.05, 0.1) is 0 Å². The molecule has 142 valence electrons. The van der Waals surface area contributed by atoms with Gasteiger partial charge in [-0.2, -0.15) is 13.2 Å². The highest BCUT2D eigenvalue weighted by molar-refractivity contribution is 7.10. The van der Waals surface area contributed by atoms with Crippen LogP contribution in [0.5, 0.6) is 5.75 Å². The van der Waals surface area contributed by atoms with Gasteiger partial charge in [0.1, 0.15) is 17.5 Å². The van der Waals surface area contributed by atoms with Crippen LogP contribution in [0.3, 0.4) is 0 Å². The van der Waals surface area contributed by atoms with E-state index in [0.29, 0.717) is 16.9 Å². The molecule has 0 amide bonds. The van der Waals surface area contributed by atoms with Crippen molar-refractivity contribution in [2.45, 2.75) is 18.7 Å². The van der Waals surface area contributed by atoms with Crippen molar-refractivity contribution in [3.63, 3.8) is 0 Å². The third-order valence-electron chi connectivity index (χ3n) is 4.01. The van der Waals surface area contributed by atoms with E-state index >= 15 is 0 Å². The number of rotatable bonds is 7. The largest absolute Gasteiger partial charge is 0.485 e. The summed E-state index contributed by atoms with van der Waals surface area (Å²) < 4.78 is 44.9. The number of benzene rings is 1. The number of ether oxygens (including phenoxy) is 1. The van der Waals surface area contributed by atoms with Gasteiger partial charge in [0.25, 0.3) is 0 Å². The van der Waals surface area contributed by atoms with Gasteiger partial charge in [0.2, 0.25) is 0 Å². The molecular weight excluding hydrogens is 373 g/mol. The number of thiophene rings is 1. The van der Waals surface area contributed by atoms with Crippen LogP contribution in [0.15, 0.2) is 60.1 Å². The van der Waals surface area contributed by atoms with E-state index < -0.39 is 11.9 Å². The van der Waals surface area contributed by atoms with E-state index in [1.54, 1.807) is 35.6 Å². The molecule has 1 aromatic carbocycles. The molecular formula is C20H19F3N2OS. The lowest BCUT2D eigenvalue weighted by atomic mass is 10.1. The van der Waals surface area contributed by atoms with Gasteiger partial charge in [0.15, 0.2) is 0 Å². The van der Waals surface area contributed by atoms with Gasteiger partial charge in [0, 0.05) is 17.5 Å². The van der Waals surface area contributed by atoms with E-state index in [4.69, 9.17) is 4.74 Å². The quantitative estimate of drug-likeness (QED) is 0.572. The number of pyridine rings is 1. The first kappa shape index (κ1) is 19.4. The molecule has 0 radical (unpaired) electrons. The van der Waals surface area contributed by atoms with Crippen LogP contribution in [0.4, 0.5) is 13.2 Å². The minimum Gasteiger partial charge on any atom is -0.485 e. The monoisotopic (exact) mass is 392 g/mol. The molecule has 2 heterocycles. The lowest BCUT2D eigenvalue weighted by Gasteiger charge is -2.18. The summed E-state index contributed by atoms with van der Waals surface area (Å²) in [6, 6.07) is 13.7. The lowest BCUT2D eigenvalue weighted by molar-refractivity contribution is -0.141. The molecule has 2 aromatic heterocycles. The Morgan fingerprint density at radius 3 is 2.63 bits per heavy atom. The van der Waals surface area contributed by atoms with E-state index in [2.05, 4.69) is 10.3 Å². The molecule has 1 unspecified atom stereocenters. The number of hydrogen-bond donors (Lipinski definition) is 1. The molecule has 0 aliphatic heterocycles. The van der Waals surface area contributed by atoms with Crippen molar-refractivity contribution in [2.75, 3.05) is 13.6 Å². The molecule has 0 saturated carbocycles. The van der Waals surface area contributed by atoms with Crippen LogP contribution in [0.2, 0.25) is 0 Å². The summed E-state index contributed by atoms with van der Waals surface area (Å²) in [5, 5.41) is 5.11. The SMILES string of the molecule is CNCCC(Oc1cccc(-c2ccnc(C(F)(F)F)c2)c1)c1cccs1. The van der Waals surface area contributed by atoms with Crippen LogP contribution in [-0.4, -0.2) is 18.6 Å². The van der Waals surface area contributed by atoms with Crippen molar-refractivity contribution in [1.29, 1.82) is 0 Å². The first-order chi connectivity index (χ1) is 13.0. The standard InChI is InChI=1S/C20H19F3N2OS/c1-24-9-8-17(18-6-3-11-27-18)26-16-5-2-4-14(12-16)15-7-10-25-19(13-15)20(21,22)23/h2-7,10-13,17,24H,8-9H2,1H3. The molecule has 0 aliphatic rings. The van der Waals surface area contributed by atoms with Gasteiger partial charge in [-0.05, 0) is 60.4 Å². The maximum Gasteiger partial charge on any atom is 0.433 e. The number of alkyl halides is 3. The predicted molar refractivity (Wildman–Crippen MR) is 101 cm³/mol. The van der Waals surface area contributed by atoms with Gasteiger partial charge in [-0.15, -0.1) is 11.3 Å². The van der Waals surface area contributed by atoms with E-state index in [0.717, 1.165) is 23.9 Å². The van der Waals surface area contributed by atoms with Crippen molar-refractivity contribution in [1.82, 2.24) is 10.3 Å². The number of hydrogen-bond acceptors (Lipinski definition) is 4. The summed E-state index contributed by atoms with van der Waals surface area (Å²) in [4.78, 5) is 4.52.